The molecule has 1 rings (SSSR count). The fourth-order valence-corrected chi connectivity index (χ4v) is 2.74. The monoisotopic (exact) mass is 196 g/mol. The molecule has 72 valence electrons. The first-order chi connectivity index (χ1) is 5.82. The first-order valence-electron chi connectivity index (χ1n) is 4.38. The van der Waals surface area contributed by atoms with E-state index in [0.29, 0.717) is 0 Å². The number of rotatable bonds is 1. The van der Waals surface area contributed by atoms with Crippen LogP contribution in [0, 0.1) is 6.92 Å². The quantitative estimate of drug-likeness (QED) is 0.618. The number of hydrogen-bond acceptors (Lipinski definition) is 2. The van der Waals surface area contributed by atoms with Crippen LogP contribution in [0.25, 0.3) is 0 Å². The van der Waals surface area contributed by atoms with E-state index < -0.39 is 8.07 Å². The van der Waals surface area contributed by atoms with E-state index in [1.165, 1.54) is 4.68 Å². The number of aromatic nitrogens is 2. The highest BCUT2D eigenvalue weighted by Gasteiger charge is 2.21. The SMILES string of the molecule is Cc1cc([Si](C)(C)C)c(=O)n(C)n1. The fraction of sp³-hybridized carbons (Fsp3) is 0.556. The Morgan fingerprint density at radius 2 is 1.92 bits per heavy atom. The lowest BCUT2D eigenvalue weighted by molar-refractivity contribution is 0.697. The van der Waals surface area contributed by atoms with Crippen LogP contribution < -0.4 is 10.7 Å². The Bertz CT molecular complexity index is 376. The van der Waals surface area contributed by atoms with Crippen molar-refractivity contribution in [2.75, 3.05) is 0 Å². The summed E-state index contributed by atoms with van der Waals surface area (Å²) in [5.74, 6) is 0. The highest BCUT2D eigenvalue weighted by atomic mass is 28.3. The molecule has 0 fully saturated rings. The van der Waals surface area contributed by atoms with E-state index in [2.05, 4.69) is 24.7 Å². The molecule has 0 aliphatic carbocycles. The summed E-state index contributed by atoms with van der Waals surface area (Å²) in [5.41, 5.74) is 0.976. The van der Waals surface area contributed by atoms with Crippen LogP contribution >= 0.6 is 0 Å². The number of nitrogens with zero attached hydrogens (tertiary/aromatic N) is 2. The summed E-state index contributed by atoms with van der Waals surface area (Å²) in [6, 6.07) is 1.93. The minimum absolute atomic E-state index is 0.0600. The van der Waals surface area contributed by atoms with Gasteiger partial charge in [-0.1, -0.05) is 19.6 Å². The van der Waals surface area contributed by atoms with Crippen molar-refractivity contribution in [2.24, 2.45) is 7.05 Å². The molecule has 4 heteroatoms. The maximum Gasteiger partial charge on any atom is 0.265 e. The van der Waals surface area contributed by atoms with E-state index in [-0.39, 0.29) is 5.56 Å². The second-order valence-electron chi connectivity index (χ2n) is 4.38. The van der Waals surface area contributed by atoms with Gasteiger partial charge in [-0.2, -0.15) is 5.10 Å². The third-order valence-electron chi connectivity index (χ3n) is 1.99. The number of hydrogen-bond donors (Lipinski definition) is 0. The summed E-state index contributed by atoms with van der Waals surface area (Å²) in [5, 5.41) is 5.03. The van der Waals surface area contributed by atoms with Gasteiger partial charge in [0.25, 0.3) is 5.56 Å². The highest BCUT2D eigenvalue weighted by Crippen LogP contribution is 1.98. The molecule has 0 saturated carbocycles. The van der Waals surface area contributed by atoms with E-state index in [1.54, 1.807) is 7.05 Å². The molecule has 0 atom stereocenters. The molecule has 0 unspecified atom stereocenters. The average Bonchev–Trinajstić information content (AvgIpc) is 1.94. The molecule has 0 aliphatic heterocycles. The first kappa shape index (κ1) is 10.2. The van der Waals surface area contributed by atoms with Gasteiger partial charge in [0.2, 0.25) is 0 Å². The standard InChI is InChI=1S/C9H16N2OSi/c1-7-6-8(13(3,4)5)9(12)11(2)10-7/h6H,1-5H3. The van der Waals surface area contributed by atoms with Gasteiger partial charge in [0.05, 0.1) is 13.8 Å². The first-order valence-corrected chi connectivity index (χ1v) is 7.88. The molecule has 0 radical (unpaired) electrons. The van der Waals surface area contributed by atoms with Crippen molar-refractivity contribution in [1.29, 1.82) is 0 Å². The lowest BCUT2D eigenvalue weighted by atomic mass is 10.4. The molecule has 0 aromatic carbocycles. The van der Waals surface area contributed by atoms with Gasteiger partial charge in [-0.05, 0) is 13.0 Å². The zero-order valence-electron chi connectivity index (χ0n) is 8.88. The Morgan fingerprint density at radius 1 is 1.38 bits per heavy atom. The van der Waals surface area contributed by atoms with E-state index >= 15 is 0 Å². The normalized spacial score (nSPS) is 11.8. The fourth-order valence-electron chi connectivity index (χ4n) is 1.29. The van der Waals surface area contributed by atoms with E-state index in [1.807, 2.05) is 13.0 Å². The summed E-state index contributed by atoms with van der Waals surface area (Å²) in [6.45, 7) is 8.43. The predicted octanol–water partition coefficient (Wildman–Crippen LogP) is 0.634. The molecule has 0 aliphatic rings. The molecular weight excluding hydrogens is 180 g/mol. The van der Waals surface area contributed by atoms with Gasteiger partial charge in [0, 0.05) is 12.2 Å². The van der Waals surface area contributed by atoms with Gasteiger partial charge >= 0.3 is 0 Å². The van der Waals surface area contributed by atoms with Crippen LogP contribution in [0.3, 0.4) is 0 Å². The highest BCUT2D eigenvalue weighted by molar-refractivity contribution is 6.88. The van der Waals surface area contributed by atoms with Gasteiger partial charge in [-0.3, -0.25) is 4.79 Å². The van der Waals surface area contributed by atoms with Crippen LogP contribution in [0.4, 0.5) is 0 Å². The van der Waals surface area contributed by atoms with Gasteiger partial charge < -0.3 is 0 Å². The second kappa shape index (κ2) is 3.10. The van der Waals surface area contributed by atoms with Crippen molar-refractivity contribution in [1.82, 2.24) is 9.78 Å². The molecule has 0 saturated heterocycles. The molecule has 1 heterocycles. The summed E-state index contributed by atoms with van der Waals surface area (Å²) >= 11 is 0. The molecule has 1 aromatic heterocycles. The molecular formula is C9H16N2OSi. The average molecular weight is 196 g/mol. The van der Waals surface area contributed by atoms with Crippen LogP contribution in [0.5, 0.6) is 0 Å². The van der Waals surface area contributed by atoms with Crippen molar-refractivity contribution in [3.8, 4) is 0 Å². The van der Waals surface area contributed by atoms with Gasteiger partial charge in [0.1, 0.15) is 0 Å². The molecule has 3 nitrogen and oxygen atoms in total. The Morgan fingerprint density at radius 3 is 2.38 bits per heavy atom. The summed E-state index contributed by atoms with van der Waals surface area (Å²) in [6.07, 6.45) is 0. The van der Waals surface area contributed by atoms with Crippen LogP contribution in [0.2, 0.25) is 19.6 Å². The Labute approximate surface area is 79.4 Å². The van der Waals surface area contributed by atoms with Crippen molar-refractivity contribution in [3.05, 3.63) is 22.1 Å². The van der Waals surface area contributed by atoms with Gasteiger partial charge in [-0.25, -0.2) is 4.68 Å². The third kappa shape index (κ3) is 2.06. The number of aryl methyl sites for hydroxylation is 2. The summed E-state index contributed by atoms with van der Waals surface area (Å²) < 4.78 is 1.43. The van der Waals surface area contributed by atoms with Gasteiger partial charge in [-0.15, -0.1) is 0 Å². The topological polar surface area (TPSA) is 34.9 Å². The Kier molecular flexibility index (Phi) is 2.43. The minimum Gasteiger partial charge on any atom is -0.268 e. The van der Waals surface area contributed by atoms with Crippen LogP contribution in [0.1, 0.15) is 5.69 Å². The lowest BCUT2D eigenvalue weighted by Crippen LogP contribution is -2.50. The zero-order chi connectivity index (χ0) is 10.2. The van der Waals surface area contributed by atoms with E-state index in [9.17, 15) is 4.79 Å². The third-order valence-corrected chi connectivity index (χ3v) is 3.97. The predicted molar refractivity (Wildman–Crippen MR) is 57.2 cm³/mol. The minimum atomic E-state index is -1.51. The molecule has 0 amide bonds. The molecule has 13 heavy (non-hydrogen) atoms. The Hall–Kier alpha value is -0.903. The largest absolute Gasteiger partial charge is 0.268 e. The second-order valence-corrected chi connectivity index (χ2v) is 9.42. The van der Waals surface area contributed by atoms with Crippen LogP contribution in [0.15, 0.2) is 10.9 Å². The van der Waals surface area contributed by atoms with Gasteiger partial charge in [0.15, 0.2) is 0 Å². The molecule has 0 spiro atoms. The Balaban J connectivity index is 3.47. The molecule has 1 aromatic rings. The van der Waals surface area contributed by atoms with Crippen LogP contribution in [-0.2, 0) is 7.05 Å². The summed E-state index contributed by atoms with van der Waals surface area (Å²) in [4.78, 5) is 11.7. The van der Waals surface area contributed by atoms with Crippen molar-refractivity contribution in [2.45, 2.75) is 26.6 Å². The van der Waals surface area contributed by atoms with Crippen molar-refractivity contribution >= 4 is 13.3 Å². The molecule has 0 bridgehead atoms. The van der Waals surface area contributed by atoms with Crippen molar-refractivity contribution < 1.29 is 0 Å². The van der Waals surface area contributed by atoms with E-state index in [4.69, 9.17) is 0 Å². The maximum atomic E-state index is 11.7. The van der Waals surface area contributed by atoms with Crippen LogP contribution in [-0.4, -0.2) is 17.9 Å². The van der Waals surface area contributed by atoms with Crippen molar-refractivity contribution in [3.63, 3.8) is 0 Å². The zero-order valence-corrected chi connectivity index (χ0v) is 9.88. The smallest absolute Gasteiger partial charge is 0.265 e. The maximum absolute atomic E-state index is 11.7. The molecule has 0 N–H and O–H groups in total. The summed E-state index contributed by atoms with van der Waals surface area (Å²) in [7, 11) is 0.193. The van der Waals surface area contributed by atoms with E-state index in [0.717, 1.165) is 10.9 Å². The lowest BCUT2D eigenvalue weighted by Gasteiger charge is -2.16.